The Balaban J connectivity index is 2.76. The minimum Gasteiger partial charge on any atom is -0.291 e. The quantitative estimate of drug-likeness (QED) is 0.446. The van der Waals surface area contributed by atoms with Gasteiger partial charge in [-0.25, -0.2) is 15.5 Å². The topological polar surface area (TPSA) is 94.5 Å². The van der Waals surface area contributed by atoms with Gasteiger partial charge >= 0.3 is 0 Å². The molecule has 0 fully saturated rings. The highest BCUT2D eigenvalue weighted by molar-refractivity contribution is 5.73. The Labute approximate surface area is 73.9 Å². The highest BCUT2D eigenvalue weighted by Gasteiger charge is 2.08. The molecular weight excluding hydrogens is 170 g/mol. The largest absolute Gasteiger partial charge is 0.291 e. The van der Waals surface area contributed by atoms with Crippen LogP contribution in [0.1, 0.15) is 5.69 Å². The molecular formula is C6H9N7. The van der Waals surface area contributed by atoms with E-state index in [4.69, 9.17) is 5.84 Å². The molecule has 7 nitrogen and oxygen atoms in total. The van der Waals surface area contributed by atoms with Crippen LogP contribution in [0.5, 0.6) is 0 Å². The predicted octanol–water partition coefficient (Wildman–Crippen LogP) is -0.648. The maximum absolute atomic E-state index is 5.16. The van der Waals surface area contributed by atoms with Gasteiger partial charge in [-0.15, -0.1) is 10.2 Å². The van der Waals surface area contributed by atoms with Crippen LogP contribution in [0.15, 0.2) is 0 Å². The van der Waals surface area contributed by atoms with E-state index in [-0.39, 0.29) is 0 Å². The highest BCUT2D eigenvalue weighted by atomic mass is 15.4. The molecule has 0 aliphatic carbocycles. The van der Waals surface area contributed by atoms with Crippen molar-refractivity contribution < 1.29 is 0 Å². The lowest BCUT2D eigenvalue weighted by Crippen LogP contribution is -2.11. The van der Waals surface area contributed by atoms with Gasteiger partial charge in [-0.2, -0.15) is 5.10 Å². The zero-order chi connectivity index (χ0) is 9.42. The zero-order valence-electron chi connectivity index (χ0n) is 7.31. The van der Waals surface area contributed by atoms with Crippen molar-refractivity contribution in [2.24, 2.45) is 12.9 Å². The molecule has 13 heavy (non-hydrogen) atoms. The van der Waals surface area contributed by atoms with Crippen LogP contribution < -0.4 is 11.3 Å². The van der Waals surface area contributed by atoms with Gasteiger partial charge in [0.2, 0.25) is 0 Å². The second-order valence-corrected chi connectivity index (χ2v) is 2.66. The van der Waals surface area contributed by atoms with Crippen LogP contribution in [-0.2, 0) is 7.05 Å². The van der Waals surface area contributed by atoms with E-state index in [2.05, 4.69) is 25.7 Å². The lowest BCUT2D eigenvalue weighted by atomic mass is 10.4. The molecule has 0 bridgehead atoms. The normalized spacial score (nSPS) is 10.7. The Morgan fingerprint density at radius 3 is 2.85 bits per heavy atom. The number of anilines is 1. The second-order valence-electron chi connectivity index (χ2n) is 2.66. The molecule has 0 atom stereocenters. The van der Waals surface area contributed by atoms with Crippen molar-refractivity contribution in [3.63, 3.8) is 0 Å². The van der Waals surface area contributed by atoms with Gasteiger partial charge in [0.25, 0.3) is 5.95 Å². The summed E-state index contributed by atoms with van der Waals surface area (Å²) < 4.78 is 1.63. The van der Waals surface area contributed by atoms with Gasteiger partial charge in [-0.3, -0.25) is 5.43 Å². The number of fused-ring (bicyclic) bond motifs is 1. The molecule has 68 valence electrons. The summed E-state index contributed by atoms with van der Waals surface area (Å²) in [6.07, 6.45) is 0. The summed E-state index contributed by atoms with van der Waals surface area (Å²) in [6, 6.07) is 0. The van der Waals surface area contributed by atoms with Crippen LogP contribution in [0.25, 0.3) is 11.2 Å². The van der Waals surface area contributed by atoms with Crippen LogP contribution in [0, 0.1) is 6.92 Å². The number of hydrogen-bond acceptors (Lipinski definition) is 6. The van der Waals surface area contributed by atoms with Crippen molar-refractivity contribution in [1.29, 1.82) is 0 Å². The molecule has 0 radical (unpaired) electrons. The van der Waals surface area contributed by atoms with Gasteiger partial charge in [0.05, 0.1) is 5.69 Å². The Hall–Kier alpha value is -1.76. The summed E-state index contributed by atoms with van der Waals surface area (Å²) in [6.45, 7) is 1.86. The second kappa shape index (κ2) is 2.63. The van der Waals surface area contributed by atoms with Gasteiger partial charge in [-0.1, -0.05) is 0 Å². The van der Waals surface area contributed by atoms with E-state index in [0.717, 1.165) is 5.69 Å². The van der Waals surface area contributed by atoms with Crippen molar-refractivity contribution >= 4 is 17.1 Å². The molecule has 0 spiro atoms. The molecule has 0 aliphatic heterocycles. The Morgan fingerprint density at radius 1 is 1.38 bits per heavy atom. The van der Waals surface area contributed by atoms with Gasteiger partial charge in [0, 0.05) is 7.05 Å². The molecule has 2 rings (SSSR count). The third kappa shape index (κ3) is 1.09. The van der Waals surface area contributed by atoms with Crippen molar-refractivity contribution in [3.8, 4) is 0 Å². The van der Waals surface area contributed by atoms with E-state index in [1.807, 2.05) is 6.92 Å². The molecule has 0 saturated heterocycles. The highest BCUT2D eigenvalue weighted by Crippen LogP contribution is 2.11. The monoisotopic (exact) mass is 179 g/mol. The zero-order valence-corrected chi connectivity index (χ0v) is 7.31. The van der Waals surface area contributed by atoms with Gasteiger partial charge in [0.1, 0.15) is 5.52 Å². The third-order valence-electron chi connectivity index (χ3n) is 1.75. The number of nitrogens with one attached hydrogen (secondary N) is 1. The summed E-state index contributed by atoms with van der Waals surface area (Å²) in [5.41, 5.74) is 4.51. The fourth-order valence-electron chi connectivity index (χ4n) is 1.16. The van der Waals surface area contributed by atoms with Crippen molar-refractivity contribution in [2.45, 2.75) is 6.92 Å². The molecule has 7 heteroatoms. The number of nitrogens with two attached hydrogens (primary N) is 1. The van der Waals surface area contributed by atoms with E-state index < -0.39 is 0 Å². The van der Waals surface area contributed by atoms with Crippen LogP contribution in [-0.4, -0.2) is 25.0 Å². The van der Waals surface area contributed by atoms with Crippen LogP contribution in [0.4, 0.5) is 5.95 Å². The molecule has 2 aromatic rings. The first-order chi connectivity index (χ1) is 6.22. The molecule has 2 heterocycles. The first kappa shape index (κ1) is 7.87. The summed E-state index contributed by atoms with van der Waals surface area (Å²) >= 11 is 0. The van der Waals surface area contributed by atoms with Gasteiger partial charge < -0.3 is 0 Å². The molecule has 0 aromatic carbocycles. The number of nitrogen functional groups attached to an aromatic ring is 1. The first-order valence-electron chi connectivity index (χ1n) is 3.73. The van der Waals surface area contributed by atoms with Crippen LogP contribution >= 0.6 is 0 Å². The molecule has 2 aromatic heterocycles. The minimum atomic E-state index is 0.295. The van der Waals surface area contributed by atoms with E-state index in [0.29, 0.717) is 17.1 Å². The van der Waals surface area contributed by atoms with Gasteiger partial charge in [0.15, 0.2) is 5.65 Å². The summed E-state index contributed by atoms with van der Waals surface area (Å²) in [5, 5.41) is 11.8. The number of rotatable bonds is 1. The molecule has 3 N–H and O–H groups in total. The van der Waals surface area contributed by atoms with E-state index in [1.54, 1.807) is 11.7 Å². The summed E-state index contributed by atoms with van der Waals surface area (Å²) in [7, 11) is 1.79. The summed E-state index contributed by atoms with van der Waals surface area (Å²) in [4.78, 5) is 4.12. The number of hydrogen-bond donors (Lipinski definition) is 2. The smallest absolute Gasteiger partial charge is 0.257 e. The molecule has 0 aliphatic rings. The SMILES string of the molecule is Cc1nn(C)c2nnc(NN)nc12. The van der Waals surface area contributed by atoms with E-state index >= 15 is 0 Å². The van der Waals surface area contributed by atoms with Crippen molar-refractivity contribution in [3.05, 3.63) is 5.69 Å². The number of aryl methyl sites for hydroxylation is 2. The fourth-order valence-corrected chi connectivity index (χ4v) is 1.16. The first-order valence-corrected chi connectivity index (χ1v) is 3.73. The van der Waals surface area contributed by atoms with Crippen LogP contribution in [0.3, 0.4) is 0 Å². The Kier molecular flexibility index (Phi) is 1.59. The Morgan fingerprint density at radius 2 is 2.15 bits per heavy atom. The number of nitrogens with zero attached hydrogens (tertiary/aromatic N) is 5. The van der Waals surface area contributed by atoms with Crippen molar-refractivity contribution in [2.75, 3.05) is 5.43 Å². The molecule has 0 saturated carbocycles. The third-order valence-corrected chi connectivity index (χ3v) is 1.75. The average molecular weight is 179 g/mol. The number of aromatic nitrogens is 5. The molecule has 0 unspecified atom stereocenters. The standard InChI is InChI=1S/C6H9N7/c1-3-4-5(13(2)12-3)10-11-6(8-4)9-7/h7H2,1-2H3,(H,8,9,11). The fraction of sp³-hybridized carbons (Fsp3) is 0.333. The van der Waals surface area contributed by atoms with E-state index in [9.17, 15) is 0 Å². The lowest BCUT2D eigenvalue weighted by Gasteiger charge is -1.95. The predicted molar refractivity (Wildman–Crippen MR) is 46.6 cm³/mol. The lowest BCUT2D eigenvalue weighted by molar-refractivity contribution is 0.766. The molecule has 0 amide bonds. The van der Waals surface area contributed by atoms with Gasteiger partial charge in [-0.05, 0) is 6.92 Å². The number of hydrazine groups is 1. The van der Waals surface area contributed by atoms with E-state index in [1.165, 1.54) is 0 Å². The maximum atomic E-state index is 5.16. The Bertz CT molecular complexity index is 445. The van der Waals surface area contributed by atoms with Crippen LogP contribution in [0.2, 0.25) is 0 Å². The van der Waals surface area contributed by atoms with Crippen molar-refractivity contribution in [1.82, 2.24) is 25.0 Å². The average Bonchev–Trinajstić information content (AvgIpc) is 2.42. The maximum Gasteiger partial charge on any atom is 0.257 e. The minimum absolute atomic E-state index is 0.295. The summed E-state index contributed by atoms with van der Waals surface area (Å²) in [5.74, 6) is 5.45.